The number of nitrogens with one attached hydrogen (secondary N) is 1. The molecule has 2 atom stereocenters. The molecule has 2 N–H and O–H groups in total. The van der Waals surface area contributed by atoms with E-state index in [4.69, 9.17) is 0 Å². The van der Waals surface area contributed by atoms with Crippen LogP contribution in [0.3, 0.4) is 0 Å². The third-order valence-corrected chi connectivity index (χ3v) is 3.73. The van der Waals surface area contributed by atoms with Gasteiger partial charge in [0.15, 0.2) is 0 Å². The molecule has 1 unspecified atom stereocenters. The quantitative estimate of drug-likeness (QED) is 0.837. The van der Waals surface area contributed by atoms with Crippen LogP contribution in [0.15, 0.2) is 48.5 Å². The fraction of sp³-hybridized carbons (Fsp3) is 0.333. The fourth-order valence-corrected chi connectivity index (χ4v) is 2.41. The summed E-state index contributed by atoms with van der Waals surface area (Å²) in [5.41, 5.74) is 3.80. The fourth-order valence-electron chi connectivity index (χ4n) is 2.41. The Balaban J connectivity index is 2.09. The smallest absolute Gasteiger partial charge is 0.115 e. The van der Waals surface area contributed by atoms with Gasteiger partial charge in [-0.25, -0.2) is 0 Å². The van der Waals surface area contributed by atoms with Crippen molar-refractivity contribution < 1.29 is 5.11 Å². The van der Waals surface area contributed by atoms with Gasteiger partial charge in [0.25, 0.3) is 0 Å². The van der Waals surface area contributed by atoms with E-state index >= 15 is 0 Å². The summed E-state index contributed by atoms with van der Waals surface area (Å²) in [6.45, 7) is 6.47. The minimum Gasteiger partial charge on any atom is -0.508 e. The average molecular weight is 269 g/mol. The van der Waals surface area contributed by atoms with Gasteiger partial charge in [-0.1, -0.05) is 48.9 Å². The summed E-state index contributed by atoms with van der Waals surface area (Å²) < 4.78 is 0. The predicted molar refractivity (Wildman–Crippen MR) is 83.9 cm³/mol. The van der Waals surface area contributed by atoms with Crippen molar-refractivity contribution in [3.8, 4) is 5.75 Å². The van der Waals surface area contributed by atoms with Gasteiger partial charge in [0.2, 0.25) is 0 Å². The lowest BCUT2D eigenvalue weighted by Crippen LogP contribution is -2.24. The highest BCUT2D eigenvalue weighted by Crippen LogP contribution is 2.23. The van der Waals surface area contributed by atoms with E-state index in [1.54, 1.807) is 12.1 Å². The van der Waals surface area contributed by atoms with E-state index in [2.05, 4.69) is 50.4 Å². The van der Waals surface area contributed by atoms with Crippen LogP contribution in [0, 0.1) is 6.92 Å². The number of hydrogen-bond acceptors (Lipinski definition) is 2. The molecule has 0 spiro atoms. The molecule has 0 aliphatic carbocycles. The Labute approximate surface area is 121 Å². The molecule has 0 radical (unpaired) electrons. The molecule has 2 nitrogen and oxygen atoms in total. The molecule has 0 heterocycles. The maximum Gasteiger partial charge on any atom is 0.115 e. The van der Waals surface area contributed by atoms with Crippen molar-refractivity contribution in [2.24, 2.45) is 0 Å². The highest BCUT2D eigenvalue weighted by molar-refractivity contribution is 5.29. The van der Waals surface area contributed by atoms with Crippen molar-refractivity contribution in [3.63, 3.8) is 0 Å². The van der Waals surface area contributed by atoms with Crippen LogP contribution >= 0.6 is 0 Å². The summed E-state index contributed by atoms with van der Waals surface area (Å²) in [4.78, 5) is 0. The maximum absolute atomic E-state index is 9.38. The zero-order valence-corrected chi connectivity index (χ0v) is 12.4. The minimum atomic E-state index is 0.298. The normalized spacial score (nSPS) is 13.9. The van der Waals surface area contributed by atoms with Crippen molar-refractivity contribution in [2.45, 2.75) is 39.3 Å². The van der Waals surface area contributed by atoms with Crippen molar-refractivity contribution in [3.05, 3.63) is 65.2 Å². The second-order valence-electron chi connectivity index (χ2n) is 5.35. The third-order valence-electron chi connectivity index (χ3n) is 3.73. The summed E-state index contributed by atoms with van der Waals surface area (Å²) in [5, 5.41) is 13.0. The van der Waals surface area contributed by atoms with Gasteiger partial charge in [-0.3, -0.25) is 0 Å². The van der Waals surface area contributed by atoms with E-state index in [0.717, 1.165) is 6.42 Å². The first-order valence-electron chi connectivity index (χ1n) is 7.21. The van der Waals surface area contributed by atoms with Crippen LogP contribution in [0.25, 0.3) is 0 Å². The molecule has 2 aromatic carbocycles. The first-order chi connectivity index (χ1) is 9.60. The SMILES string of the molecule is CCC(N[C@H](C)c1ccc(C)cc1)c1ccc(O)cc1. The average Bonchev–Trinajstić information content (AvgIpc) is 2.46. The Morgan fingerprint density at radius 3 is 2.05 bits per heavy atom. The Morgan fingerprint density at radius 1 is 0.950 bits per heavy atom. The Bertz CT molecular complexity index is 530. The Morgan fingerprint density at radius 2 is 1.50 bits per heavy atom. The van der Waals surface area contributed by atoms with E-state index in [1.807, 2.05) is 12.1 Å². The molecule has 0 aromatic heterocycles. The molecule has 0 amide bonds. The summed E-state index contributed by atoms with van der Waals surface area (Å²) in [6, 6.07) is 16.7. The summed E-state index contributed by atoms with van der Waals surface area (Å²) in [7, 11) is 0. The minimum absolute atomic E-state index is 0.298. The summed E-state index contributed by atoms with van der Waals surface area (Å²) in [6.07, 6.45) is 1.01. The number of rotatable bonds is 5. The van der Waals surface area contributed by atoms with Crippen LogP contribution in [0.5, 0.6) is 5.75 Å². The number of aryl methyl sites for hydroxylation is 1. The van der Waals surface area contributed by atoms with E-state index in [1.165, 1.54) is 16.7 Å². The molecular formula is C18H23NO. The standard InChI is InChI=1S/C18H23NO/c1-4-18(16-9-11-17(20)12-10-16)19-14(3)15-7-5-13(2)6-8-15/h5-12,14,18-20H,4H2,1-3H3/t14-,18?/m1/s1. The van der Waals surface area contributed by atoms with Crippen LogP contribution in [0.4, 0.5) is 0 Å². The maximum atomic E-state index is 9.38. The summed E-state index contributed by atoms with van der Waals surface area (Å²) >= 11 is 0. The van der Waals surface area contributed by atoms with Crippen LogP contribution < -0.4 is 5.32 Å². The molecule has 0 aliphatic rings. The lowest BCUT2D eigenvalue weighted by Gasteiger charge is -2.23. The van der Waals surface area contributed by atoms with Gasteiger partial charge in [0.1, 0.15) is 5.75 Å². The Kier molecular flexibility index (Phi) is 4.80. The molecule has 0 aliphatic heterocycles. The van der Waals surface area contributed by atoms with Crippen LogP contribution in [-0.4, -0.2) is 5.11 Å². The molecule has 2 heteroatoms. The molecule has 0 saturated carbocycles. The number of benzene rings is 2. The van der Waals surface area contributed by atoms with E-state index in [9.17, 15) is 5.11 Å². The van der Waals surface area contributed by atoms with Crippen LogP contribution in [0.2, 0.25) is 0 Å². The lowest BCUT2D eigenvalue weighted by molar-refractivity contribution is 0.453. The van der Waals surface area contributed by atoms with Gasteiger partial charge < -0.3 is 10.4 Å². The predicted octanol–water partition coefficient (Wildman–Crippen LogP) is 4.50. The third kappa shape index (κ3) is 3.61. The molecule has 20 heavy (non-hydrogen) atoms. The van der Waals surface area contributed by atoms with Gasteiger partial charge in [0.05, 0.1) is 0 Å². The van der Waals surface area contributed by atoms with Crippen molar-refractivity contribution in [1.82, 2.24) is 5.32 Å². The number of phenolic OH excluding ortho intramolecular Hbond substituents is 1. The molecule has 0 saturated heterocycles. The van der Waals surface area contributed by atoms with Gasteiger partial charge >= 0.3 is 0 Å². The largest absolute Gasteiger partial charge is 0.508 e. The topological polar surface area (TPSA) is 32.3 Å². The lowest BCUT2D eigenvalue weighted by atomic mass is 10.0. The summed E-state index contributed by atoms with van der Waals surface area (Å²) in [5.74, 6) is 0.315. The molecule has 0 fully saturated rings. The first kappa shape index (κ1) is 14.6. The molecule has 106 valence electrons. The molecule has 0 bridgehead atoms. The Hall–Kier alpha value is -1.80. The van der Waals surface area contributed by atoms with Gasteiger partial charge in [-0.15, -0.1) is 0 Å². The van der Waals surface area contributed by atoms with Crippen molar-refractivity contribution in [2.75, 3.05) is 0 Å². The number of hydrogen-bond donors (Lipinski definition) is 2. The van der Waals surface area contributed by atoms with E-state index < -0.39 is 0 Å². The zero-order valence-electron chi connectivity index (χ0n) is 12.4. The highest BCUT2D eigenvalue weighted by atomic mass is 16.3. The monoisotopic (exact) mass is 269 g/mol. The zero-order chi connectivity index (χ0) is 14.5. The van der Waals surface area contributed by atoms with Gasteiger partial charge in [0, 0.05) is 12.1 Å². The van der Waals surface area contributed by atoms with Gasteiger partial charge in [-0.2, -0.15) is 0 Å². The molecule has 2 rings (SSSR count). The highest BCUT2D eigenvalue weighted by Gasteiger charge is 2.13. The molecular weight excluding hydrogens is 246 g/mol. The van der Waals surface area contributed by atoms with Crippen LogP contribution in [-0.2, 0) is 0 Å². The van der Waals surface area contributed by atoms with Crippen molar-refractivity contribution >= 4 is 0 Å². The number of aromatic hydroxyl groups is 1. The second kappa shape index (κ2) is 6.58. The van der Waals surface area contributed by atoms with Crippen LogP contribution in [0.1, 0.15) is 49.0 Å². The van der Waals surface area contributed by atoms with Gasteiger partial charge in [-0.05, 0) is 43.5 Å². The second-order valence-corrected chi connectivity index (χ2v) is 5.35. The van der Waals surface area contributed by atoms with Crippen molar-refractivity contribution in [1.29, 1.82) is 0 Å². The first-order valence-corrected chi connectivity index (χ1v) is 7.21. The number of phenols is 1. The van der Waals surface area contributed by atoms with E-state index in [-0.39, 0.29) is 0 Å². The van der Waals surface area contributed by atoms with E-state index in [0.29, 0.717) is 17.8 Å². The molecule has 2 aromatic rings.